The summed E-state index contributed by atoms with van der Waals surface area (Å²) in [4.78, 5) is 15.8. The number of nitrogens with two attached hydrogens (primary N) is 1. The molecule has 0 atom stereocenters. The third kappa shape index (κ3) is 5.36. The Labute approximate surface area is 130 Å². The number of nitrogens with zero attached hydrogens (tertiary/aromatic N) is 2. The topological polar surface area (TPSA) is 72.4 Å². The van der Waals surface area contributed by atoms with Crippen molar-refractivity contribution in [2.75, 3.05) is 13.1 Å². The standard InChI is InChI=1S/C13H18N4O.2ClH/c14-7-3-5-13(18)15-8-6-11-10-17-9-2-1-4-12(17)16-11;;/h1-2,4,9-10H,3,5-8,14H2,(H,15,18);2*1H. The third-order valence-electron chi connectivity index (χ3n) is 2.73. The van der Waals surface area contributed by atoms with Gasteiger partial charge >= 0.3 is 0 Å². The molecule has 3 N–H and O–H groups in total. The van der Waals surface area contributed by atoms with Crippen molar-refractivity contribution in [2.45, 2.75) is 19.3 Å². The van der Waals surface area contributed by atoms with E-state index < -0.39 is 0 Å². The molecule has 0 radical (unpaired) electrons. The molecule has 0 fully saturated rings. The molecule has 0 spiro atoms. The van der Waals surface area contributed by atoms with Crippen LogP contribution in [0.2, 0.25) is 0 Å². The van der Waals surface area contributed by atoms with E-state index in [-0.39, 0.29) is 30.7 Å². The fraction of sp³-hybridized carbons (Fsp3) is 0.385. The highest BCUT2D eigenvalue weighted by molar-refractivity contribution is 5.85. The molecule has 0 bridgehead atoms. The van der Waals surface area contributed by atoms with Crippen LogP contribution < -0.4 is 11.1 Å². The largest absolute Gasteiger partial charge is 0.356 e. The van der Waals surface area contributed by atoms with Crippen LogP contribution >= 0.6 is 24.8 Å². The SMILES string of the molecule is Cl.Cl.NCCCC(=O)NCCc1cn2ccccc2n1. The van der Waals surface area contributed by atoms with E-state index in [0.717, 1.165) is 24.2 Å². The Balaban J connectivity index is 0.00000180. The second-order valence-corrected chi connectivity index (χ2v) is 4.19. The fourth-order valence-electron chi connectivity index (χ4n) is 1.79. The molecular weight excluding hydrogens is 299 g/mol. The first-order valence-electron chi connectivity index (χ1n) is 6.19. The van der Waals surface area contributed by atoms with Crippen LogP contribution in [0, 0.1) is 0 Å². The summed E-state index contributed by atoms with van der Waals surface area (Å²) in [5.74, 6) is 0.0595. The summed E-state index contributed by atoms with van der Waals surface area (Å²) >= 11 is 0. The lowest BCUT2D eigenvalue weighted by molar-refractivity contribution is -0.121. The summed E-state index contributed by atoms with van der Waals surface area (Å²) in [7, 11) is 0. The molecule has 0 saturated heterocycles. The van der Waals surface area contributed by atoms with E-state index in [2.05, 4.69) is 10.3 Å². The van der Waals surface area contributed by atoms with Crippen molar-refractivity contribution in [1.29, 1.82) is 0 Å². The van der Waals surface area contributed by atoms with E-state index in [4.69, 9.17) is 5.73 Å². The lowest BCUT2D eigenvalue weighted by Gasteiger charge is -2.02. The van der Waals surface area contributed by atoms with Crippen molar-refractivity contribution in [1.82, 2.24) is 14.7 Å². The number of hydrogen-bond donors (Lipinski definition) is 2. The van der Waals surface area contributed by atoms with Gasteiger partial charge in [0.1, 0.15) is 5.65 Å². The molecule has 2 heterocycles. The maximum atomic E-state index is 11.4. The van der Waals surface area contributed by atoms with Crippen LogP contribution in [-0.2, 0) is 11.2 Å². The van der Waals surface area contributed by atoms with Gasteiger partial charge in [-0.3, -0.25) is 4.79 Å². The van der Waals surface area contributed by atoms with Crippen molar-refractivity contribution in [3.05, 3.63) is 36.3 Å². The first-order valence-corrected chi connectivity index (χ1v) is 6.19. The second kappa shape index (κ2) is 9.58. The Hall–Kier alpha value is -1.30. The molecule has 0 saturated carbocycles. The minimum Gasteiger partial charge on any atom is -0.356 e. The van der Waals surface area contributed by atoms with Gasteiger partial charge in [0.2, 0.25) is 5.91 Å². The van der Waals surface area contributed by atoms with Crippen LogP contribution in [-0.4, -0.2) is 28.4 Å². The van der Waals surface area contributed by atoms with E-state index in [1.54, 1.807) is 0 Å². The molecule has 0 aliphatic heterocycles. The Morgan fingerprint density at radius 1 is 1.35 bits per heavy atom. The highest BCUT2D eigenvalue weighted by Gasteiger charge is 2.02. The van der Waals surface area contributed by atoms with Gasteiger partial charge in [0.25, 0.3) is 0 Å². The summed E-state index contributed by atoms with van der Waals surface area (Å²) in [6.45, 7) is 1.17. The van der Waals surface area contributed by atoms with Crippen LogP contribution in [0.15, 0.2) is 30.6 Å². The van der Waals surface area contributed by atoms with Gasteiger partial charge in [-0.15, -0.1) is 24.8 Å². The minimum absolute atomic E-state index is 0. The number of aromatic nitrogens is 2. The molecule has 2 aromatic heterocycles. The fourth-order valence-corrected chi connectivity index (χ4v) is 1.79. The summed E-state index contributed by atoms with van der Waals surface area (Å²) in [5, 5.41) is 2.87. The van der Waals surface area contributed by atoms with Crippen molar-refractivity contribution in [3.8, 4) is 0 Å². The first-order chi connectivity index (χ1) is 8.79. The van der Waals surface area contributed by atoms with Gasteiger partial charge in [-0.05, 0) is 25.1 Å². The predicted octanol–water partition coefficient (Wildman–Crippen LogP) is 1.58. The van der Waals surface area contributed by atoms with Crippen LogP contribution in [0.3, 0.4) is 0 Å². The van der Waals surface area contributed by atoms with Crippen LogP contribution in [0.4, 0.5) is 0 Å². The van der Waals surface area contributed by atoms with Gasteiger partial charge in [-0.2, -0.15) is 0 Å². The van der Waals surface area contributed by atoms with Gasteiger partial charge < -0.3 is 15.5 Å². The monoisotopic (exact) mass is 318 g/mol. The normalized spacial score (nSPS) is 9.65. The number of carbonyl (C=O) groups excluding carboxylic acids is 1. The lowest BCUT2D eigenvalue weighted by Crippen LogP contribution is -2.26. The number of amides is 1. The molecule has 0 aliphatic rings. The molecule has 5 nitrogen and oxygen atoms in total. The number of fused-ring (bicyclic) bond motifs is 1. The Bertz CT molecular complexity index is 497. The predicted molar refractivity (Wildman–Crippen MR) is 84.7 cm³/mol. The first kappa shape index (κ1) is 18.7. The zero-order valence-electron chi connectivity index (χ0n) is 11.1. The number of rotatable bonds is 6. The molecule has 7 heteroatoms. The maximum absolute atomic E-state index is 11.4. The molecule has 0 aromatic carbocycles. The quantitative estimate of drug-likeness (QED) is 0.849. The van der Waals surface area contributed by atoms with Crippen molar-refractivity contribution in [2.24, 2.45) is 5.73 Å². The summed E-state index contributed by atoms with van der Waals surface area (Å²) in [6, 6.07) is 5.89. The summed E-state index contributed by atoms with van der Waals surface area (Å²) in [6.07, 6.45) is 5.94. The second-order valence-electron chi connectivity index (χ2n) is 4.19. The number of hydrogen-bond acceptors (Lipinski definition) is 3. The highest BCUT2D eigenvalue weighted by Crippen LogP contribution is 2.04. The third-order valence-corrected chi connectivity index (χ3v) is 2.73. The van der Waals surface area contributed by atoms with E-state index in [9.17, 15) is 4.79 Å². The molecule has 112 valence electrons. The number of pyridine rings is 1. The molecule has 0 aliphatic carbocycles. The zero-order valence-corrected chi connectivity index (χ0v) is 12.8. The zero-order chi connectivity index (χ0) is 12.8. The van der Waals surface area contributed by atoms with Gasteiger partial charge in [0.05, 0.1) is 5.69 Å². The maximum Gasteiger partial charge on any atom is 0.220 e. The Morgan fingerprint density at radius 3 is 2.85 bits per heavy atom. The Kier molecular flexibility index (Phi) is 8.96. The number of halogens is 2. The van der Waals surface area contributed by atoms with Gasteiger partial charge in [-0.25, -0.2) is 4.98 Å². The van der Waals surface area contributed by atoms with E-state index in [1.165, 1.54) is 0 Å². The van der Waals surface area contributed by atoms with Crippen LogP contribution in [0.1, 0.15) is 18.5 Å². The average molecular weight is 319 g/mol. The van der Waals surface area contributed by atoms with E-state index in [1.807, 2.05) is 35.0 Å². The smallest absolute Gasteiger partial charge is 0.220 e. The molecule has 2 aromatic rings. The molecule has 2 rings (SSSR count). The van der Waals surface area contributed by atoms with E-state index >= 15 is 0 Å². The lowest BCUT2D eigenvalue weighted by atomic mass is 10.3. The number of carbonyl (C=O) groups is 1. The van der Waals surface area contributed by atoms with Crippen molar-refractivity contribution in [3.63, 3.8) is 0 Å². The Morgan fingerprint density at radius 2 is 2.15 bits per heavy atom. The summed E-state index contributed by atoms with van der Waals surface area (Å²) < 4.78 is 1.98. The molecule has 0 unspecified atom stereocenters. The van der Waals surface area contributed by atoms with Gasteiger partial charge in [-0.1, -0.05) is 6.07 Å². The summed E-state index contributed by atoms with van der Waals surface area (Å²) in [5.41, 5.74) is 7.27. The molecule has 1 amide bonds. The minimum atomic E-state index is 0. The van der Waals surface area contributed by atoms with Crippen LogP contribution in [0.25, 0.3) is 5.65 Å². The van der Waals surface area contributed by atoms with E-state index in [0.29, 0.717) is 19.5 Å². The molecule has 20 heavy (non-hydrogen) atoms. The highest BCUT2D eigenvalue weighted by atomic mass is 35.5. The van der Waals surface area contributed by atoms with Gasteiger partial charge in [0.15, 0.2) is 0 Å². The van der Waals surface area contributed by atoms with Crippen LogP contribution in [0.5, 0.6) is 0 Å². The average Bonchev–Trinajstić information content (AvgIpc) is 2.79. The van der Waals surface area contributed by atoms with Crippen molar-refractivity contribution >= 4 is 36.4 Å². The number of imidazole rings is 1. The van der Waals surface area contributed by atoms with Crippen molar-refractivity contribution < 1.29 is 4.79 Å². The van der Waals surface area contributed by atoms with Gasteiger partial charge in [0, 0.05) is 31.8 Å². The number of nitrogens with one attached hydrogen (secondary N) is 1. The molecular formula is C13H20Cl2N4O.